The summed E-state index contributed by atoms with van der Waals surface area (Å²) in [4.78, 5) is 7.08. The highest BCUT2D eigenvalue weighted by molar-refractivity contribution is 6.00. The number of nitrogens with zero attached hydrogens (tertiary/aromatic N) is 2. The minimum Gasteiger partial charge on any atom is -0.384 e. The number of nitrogens with one attached hydrogen (secondary N) is 1. The molecule has 0 bridgehead atoms. The fourth-order valence-corrected chi connectivity index (χ4v) is 3.43. The summed E-state index contributed by atoms with van der Waals surface area (Å²) in [5.74, 6) is 1.54. The number of nitrogens with two attached hydrogens (primary N) is 1. The Morgan fingerprint density at radius 3 is 3.00 bits per heavy atom. The second kappa shape index (κ2) is 5.64. The normalized spacial score (nSPS) is 25.0. The number of piperidine rings is 1. The fourth-order valence-electron chi connectivity index (χ4n) is 3.43. The predicted octanol–water partition coefficient (Wildman–Crippen LogP) is 1.72. The van der Waals surface area contributed by atoms with Gasteiger partial charge in [-0.15, -0.1) is 0 Å². The van der Waals surface area contributed by atoms with Crippen molar-refractivity contribution in [3.05, 3.63) is 22.9 Å². The van der Waals surface area contributed by atoms with E-state index in [9.17, 15) is 0 Å². The number of hydrogen-bond donors (Lipinski definition) is 2. The molecule has 1 saturated heterocycles. The molecule has 2 atom stereocenters. The van der Waals surface area contributed by atoms with Crippen LogP contribution in [0.4, 0.5) is 5.82 Å². The van der Waals surface area contributed by atoms with Crippen LogP contribution in [-0.2, 0) is 17.6 Å². The van der Waals surface area contributed by atoms with Gasteiger partial charge in [-0.25, -0.2) is 4.98 Å². The van der Waals surface area contributed by atoms with Crippen LogP contribution in [0, 0.1) is 11.3 Å². The van der Waals surface area contributed by atoms with Crippen molar-refractivity contribution >= 4 is 11.7 Å². The van der Waals surface area contributed by atoms with Crippen molar-refractivity contribution in [3.8, 4) is 0 Å². The van der Waals surface area contributed by atoms with Crippen LogP contribution in [0.2, 0.25) is 0 Å². The minimum absolute atomic E-state index is 0.111. The standard InChI is InChI=1S/C16H24N4O/c1-10-6-7-20(9-14(10)21-2)16-12(15(17)18)8-11-4-3-5-13(11)19-16/h8,10,14H,3-7,9H2,1-2H3,(H3,17,18). The average Bonchev–Trinajstić information content (AvgIpc) is 2.93. The second-order valence-corrected chi connectivity index (χ2v) is 6.22. The van der Waals surface area contributed by atoms with Gasteiger partial charge < -0.3 is 15.4 Å². The van der Waals surface area contributed by atoms with E-state index >= 15 is 0 Å². The van der Waals surface area contributed by atoms with E-state index in [2.05, 4.69) is 17.9 Å². The lowest BCUT2D eigenvalue weighted by Gasteiger charge is -2.37. The van der Waals surface area contributed by atoms with E-state index in [4.69, 9.17) is 20.9 Å². The first-order valence-corrected chi connectivity index (χ1v) is 7.75. The number of nitrogen functional groups attached to an aromatic ring is 1. The van der Waals surface area contributed by atoms with E-state index in [1.807, 2.05) is 0 Å². The number of rotatable bonds is 3. The molecule has 21 heavy (non-hydrogen) atoms. The summed E-state index contributed by atoms with van der Waals surface area (Å²) >= 11 is 0. The minimum atomic E-state index is 0.111. The summed E-state index contributed by atoms with van der Waals surface area (Å²) in [5, 5.41) is 7.87. The molecule has 5 heteroatoms. The molecule has 1 fully saturated rings. The molecule has 0 spiro atoms. The van der Waals surface area contributed by atoms with E-state index in [0.29, 0.717) is 5.92 Å². The summed E-state index contributed by atoms with van der Waals surface area (Å²) in [7, 11) is 1.77. The molecule has 0 saturated carbocycles. The highest BCUT2D eigenvalue weighted by Crippen LogP contribution is 2.30. The number of aromatic nitrogens is 1. The average molecular weight is 288 g/mol. The maximum absolute atomic E-state index is 7.87. The maximum atomic E-state index is 7.87. The Kier molecular flexibility index (Phi) is 3.85. The van der Waals surface area contributed by atoms with Crippen molar-refractivity contribution in [2.75, 3.05) is 25.1 Å². The van der Waals surface area contributed by atoms with Crippen LogP contribution in [0.25, 0.3) is 0 Å². The zero-order valence-corrected chi connectivity index (χ0v) is 12.9. The van der Waals surface area contributed by atoms with Gasteiger partial charge in [0.2, 0.25) is 0 Å². The van der Waals surface area contributed by atoms with Gasteiger partial charge in [0.1, 0.15) is 11.7 Å². The predicted molar refractivity (Wildman–Crippen MR) is 84.1 cm³/mol. The second-order valence-electron chi connectivity index (χ2n) is 6.22. The Balaban J connectivity index is 1.95. The van der Waals surface area contributed by atoms with E-state index in [0.717, 1.165) is 50.2 Å². The van der Waals surface area contributed by atoms with Crippen molar-refractivity contribution in [1.29, 1.82) is 5.41 Å². The zero-order valence-electron chi connectivity index (χ0n) is 12.9. The van der Waals surface area contributed by atoms with Gasteiger partial charge in [0.15, 0.2) is 0 Å². The van der Waals surface area contributed by atoms with Crippen LogP contribution < -0.4 is 10.6 Å². The summed E-state index contributed by atoms with van der Waals surface area (Å²) in [6.07, 6.45) is 4.54. The van der Waals surface area contributed by atoms with Crippen LogP contribution in [0.15, 0.2) is 6.07 Å². The summed E-state index contributed by atoms with van der Waals surface area (Å²) < 4.78 is 5.59. The Bertz CT molecular complexity index is 557. The number of fused-ring (bicyclic) bond motifs is 1. The van der Waals surface area contributed by atoms with E-state index in [1.54, 1.807) is 7.11 Å². The molecule has 3 rings (SSSR count). The van der Waals surface area contributed by atoms with Gasteiger partial charge in [0, 0.05) is 25.9 Å². The van der Waals surface area contributed by atoms with E-state index in [-0.39, 0.29) is 11.9 Å². The molecular weight excluding hydrogens is 264 g/mol. The van der Waals surface area contributed by atoms with Gasteiger partial charge in [-0.05, 0) is 43.2 Å². The van der Waals surface area contributed by atoms with Crippen LogP contribution in [0.1, 0.15) is 36.6 Å². The van der Waals surface area contributed by atoms with Crippen molar-refractivity contribution in [3.63, 3.8) is 0 Å². The lowest BCUT2D eigenvalue weighted by Crippen LogP contribution is -2.45. The Labute approximate surface area is 126 Å². The van der Waals surface area contributed by atoms with Crippen LogP contribution in [0.5, 0.6) is 0 Å². The Hall–Kier alpha value is -1.62. The third-order valence-electron chi connectivity index (χ3n) is 4.81. The third-order valence-corrected chi connectivity index (χ3v) is 4.81. The van der Waals surface area contributed by atoms with Gasteiger partial charge in [-0.3, -0.25) is 5.41 Å². The maximum Gasteiger partial charge on any atom is 0.139 e. The third kappa shape index (κ3) is 2.62. The largest absolute Gasteiger partial charge is 0.384 e. The summed E-state index contributed by atoms with van der Waals surface area (Å²) in [5.41, 5.74) is 9.02. The number of amidine groups is 1. The highest BCUT2D eigenvalue weighted by Gasteiger charge is 2.29. The monoisotopic (exact) mass is 288 g/mol. The number of ether oxygens (including phenoxy) is 1. The number of pyridine rings is 1. The molecule has 2 heterocycles. The highest BCUT2D eigenvalue weighted by atomic mass is 16.5. The zero-order chi connectivity index (χ0) is 15.0. The van der Waals surface area contributed by atoms with Gasteiger partial charge in [0.05, 0.1) is 11.7 Å². The van der Waals surface area contributed by atoms with Crippen molar-refractivity contribution < 1.29 is 4.74 Å². The summed E-state index contributed by atoms with van der Waals surface area (Å²) in [6.45, 7) is 4.00. The Morgan fingerprint density at radius 2 is 2.29 bits per heavy atom. The van der Waals surface area contributed by atoms with Crippen molar-refractivity contribution in [2.45, 2.75) is 38.7 Å². The fraction of sp³-hybridized carbons (Fsp3) is 0.625. The molecule has 0 aromatic carbocycles. The Morgan fingerprint density at radius 1 is 1.48 bits per heavy atom. The molecule has 1 aliphatic carbocycles. The van der Waals surface area contributed by atoms with Crippen LogP contribution in [0.3, 0.4) is 0 Å². The first-order valence-electron chi connectivity index (χ1n) is 7.75. The van der Waals surface area contributed by atoms with E-state index in [1.165, 1.54) is 11.3 Å². The molecule has 0 radical (unpaired) electrons. The van der Waals surface area contributed by atoms with Gasteiger partial charge in [-0.1, -0.05) is 6.92 Å². The lowest BCUT2D eigenvalue weighted by atomic mass is 9.95. The summed E-state index contributed by atoms with van der Waals surface area (Å²) in [6, 6.07) is 2.08. The number of hydrogen-bond acceptors (Lipinski definition) is 4. The number of anilines is 1. The molecule has 1 aliphatic heterocycles. The van der Waals surface area contributed by atoms with Crippen molar-refractivity contribution in [2.24, 2.45) is 11.7 Å². The van der Waals surface area contributed by atoms with E-state index < -0.39 is 0 Å². The van der Waals surface area contributed by atoms with Gasteiger partial charge >= 0.3 is 0 Å². The molecule has 3 N–H and O–H groups in total. The molecular formula is C16H24N4O. The number of methoxy groups -OCH3 is 1. The molecule has 0 amide bonds. The van der Waals surface area contributed by atoms with Crippen LogP contribution in [-0.4, -0.2) is 37.1 Å². The smallest absolute Gasteiger partial charge is 0.139 e. The molecule has 1 aromatic rings. The molecule has 2 aliphatic rings. The van der Waals surface area contributed by atoms with Gasteiger partial charge in [0.25, 0.3) is 0 Å². The first-order chi connectivity index (χ1) is 10.1. The quantitative estimate of drug-likeness (QED) is 0.656. The topological polar surface area (TPSA) is 75.2 Å². The van der Waals surface area contributed by atoms with Crippen molar-refractivity contribution in [1.82, 2.24) is 4.98 Å². The first kappa shape index (κ1) is 14.3. The SMILES string of the molecule is COC1CN(c2nc3c(cc2C(=N)N)CCC3)CCC1C. The van der Waals surface area contributed by atoms with Crippen LogP contribution >= 0.6 is 0 Å². The molecule has 5 nitrogen and oxygen atoms in total. The van der Waals surface area contributed by atoms with Gasteiger partial charge in [-0.2, -0.15) is 0 Å². The number of aryl methyl sites for hydroxylation is 2. The lowest BCUT2D eigenvalue weighted by molar-refractivity contribution is 0.0496. The molecule has 114 valence electrons. The molecule has 2 unspecified atom stereocenters. The molecule has 1 aromatic heterocycles.